The number of hydrogen-bond donors (Lipinski definition) is 0. The smallest absolute Gasteiger partial charge is 0.306 e. The van der Waals surface area contributed by atoms with Crippen molar-refractivity contribution < 1.29 is 42.1 Å². The summed E-state index contributed by atoms with van der Waals surface area (Å²) >= 11 is 0. The van der Waals surface area contributed by atoms with Crippen LogP contribution in [0.3, 0.4) is 0 Å². The lowest BCUT2D eigenvalue weighted by Gasteiger charge is -2.28. The van der Waals surface area contributed by atoms with Gasteiger partial charge in [0.05, 0.1) is 27.7 Å². The summed E-state index contributed by atoms with van der Waals surface area (Å²) in [5.74, 6) is -0.842. The third kappa shape index (κ3) is 77.7. The average molecular weight is 1330 g/mol. The van der Waals surface area contributed by atoms with Crippen LogP contribution in [-0.4, -0.2) is 70.0 Å². The molecule has 0 aliphatic carbocycles. The number of hydrogen-bond acceptors (Lipinski definition) is 8. The number of carbonyl (C=O) groups excluding carboxylic acids is 2. The van der Waals surface area contributed by atoms with Gasteiger partial charge >= 0.3 is 11.9 Å². The third-order valence-electron chi connectivity index (χ3n) is 17.3. The van der Waals surface area contributed by atoms with Crippen LogP contribution in [0.1, 0.15) is 361 Å². The van der Waals surface area contributed by atoms with Crippen molar-refractivity contribution in [2.24, 2.45) is 0 Å². The van der Waals surface area contributed by atoms with E-state index < -0.39 is 26.5 Å². The highest BCUT2D eigenvalue weighted by molar-refractivity contribution is 7.45. The Balaban J connectivity index is 3.98. The molecule has 0 amide bonds. The maximum atomic E-state index is 12.9. The second-order valence-electron chi connectivity index (χ2n) is 27.7. The molecular formula is C84H150NO8P. The lowest BCUT2D eigenvalue weighted by atomic mass is 10.0. The Morgan fingerprint density at radius 2 is 0.606 bits per heavy atom. The number of rotatable bonds is 73. The van der Waals surface area contributed by atoms with Crippen molar-refractivity contribution in [3.8, 4) is 0 Å². The Hall–Kier alpha value is -3.33. The number of phosphoric ester groups is 1. The first-order chi connectivity index (χ1) is 46.0. The maximum absolute atomic E-state index is 12.9. The van der Waals surface area contributed by atoms with Crippen molar-refractivity contribution in [3.63, 3.8) is 0 Å². The molecule has 9 nitrogen and oxygen atoms in total. The zero-order valence-corrected chi connectivity index (χ0v) is 63.0. The zero-order valence-electron chi connectivity index (χ0n) is 62.1. The van der Waals surface area contributed by atoms with Crippen LogP contribution in [0.15, 0.2) is 109 Å². The van der Waals surface area contributed by atoms with E-state index in [1.165, 1.54) is 218 Å². The van der Waals surface area contributed by atoms with E-state index in [1.807, 2.05) is 21.1 Å². The molecule has 0 saturated heterocycles. The molecular weight excluding hydrogens is 1180 g/mol. The van der Waals surface area contributed by atoms with E-state index in [9.17, 15) is 19.0 Å². The molecule has 0 aromatic carbocycles. The Bertz CT molecular complexity index is 1960. The number of allylic oxidation sites excluding steroid dienone is 18. The normalized spacial score (nSPS) is 13.6. The Morgan fingerprint density at radius 3 is 0.915 bits per heavy atom. The quantitative estimate of drug-likeness (QED) is 0.0195. The first kappa shape index (κ1) is 90.7. The molecule has 0 N–H and O–H groups in total. The number of unbranched alkanes of at least 4 members (excludes halogenated alkanes) is 41. The van der Waals surface area contributed by atoms with Gasteiger partial charge in [-0.15, -0.1) is 0 Å². The van der Waals surface area contributed by atoms with Gasteiger partial charge in [-0.25, -0.2) is 0 Å². The highest BCUT2D eigenvalue weighted by Crippen LogP contribution is 2.38. The summed E-state index contributed by atoms with van der Waals surface area (Å²) in [6, 6.07) is 0. The number of phosphoric acid groups is 1. The lowest BCUT2D eigenvalue weighted by molar-refractivity contribution is -0.870. The van der Waals surface area contributed by atoms with Crippen LogP contribution in [0.5, 0.6) is 0 Å². The highest BCUT2D eigenvalue weighted by Gasteiger charge is 2.22. The Morgan fingerprint density at radius 1 is 0.340 bits per heavy atom. The molecule has 0 aromatic heterocycles. The van der Waals surface area contributed by atoms with Gasteiger partial charge in [0.25, 0.3) is 7.82 Å². The molecule has 0 saturated carbocycles. The van der Waals surface area contributed by atoms with Gasteiger partial charge in [0.1, 0.15) is 19.8 Å². The van der Waals surface area contributed by atoms with Crippen molar-refractivity contribution in [1.82, 2.24) is 0 Å². The number of esters is 2. The minimum atomic E-state index is -4.66. The standard InChI is InChI=1S/C84H150NO8P/c1-6-8-10-12-14-16-18-20-22-24-26-28-30-32-34-36-38-39-40-41-42-43-44-45-47-48-50-52-54-56-58-60-62-64-66-68-70-72-74-76-83(86)90-80-82(81-92-94(88,89)91-79-78-85(3,4)5)93-84(87)77-75-73-71-69-67-65-63-61-59-57-55-53-51-49-46-37-35-33-31-29-27-25-23-21-19-17-15-13-11-9-7-2/h9,11,15,17,21,23-24,26-27,29,33,35,46,49,53,55,59,61,82H,6-8,10,12-14,16,18-20,22,25,28,30-32,34,36-45,47-48,50-52,54,56-58,60,62-81H2,1-5H3/b11-9-,17-15-,23-21-,26-24-,29-27-,35-33-,49-46-,55-53-,61-59-. The first-order valence-electron chi connectivity index (χ1n) is 39.6. The fourth-order valence-corrected chi connectivity index (χ4v) is 12.0. The van der Waals surface area contributed by atoms with E-state index >= 15 is 0 Å². The van der Waals surface area contributed by atoms with Crippen molar-refractivity contribution in [2.75, 3.05) is 47.5 Å². The van der Waals surface area contributed by atoms with E-state index in [1.54, 1.807) is 0 Å². The van der Waals surface area contributed by atoms with Crippen LogP contribution in [0.4, 0.5) is 0 Å². The zero-order chi connectivity index (χ0) is 68.3. The van der Waals surface area contributed by atoms with Gasteiger partial charge in [0.2, 0.25) is 0 Å². The molecule has 0 aliphatic rings. The summed E-state index contributed by atoms with van der Waals surface area (Å²) in [6.07, 6.45) is 105. The average Bonchev–Trinajstić information content (AvgIpc) is 1.66. The number of nitrogens with zero attached hydrogens (tertiary/aromatic N) is 1. The number of quaternary nitrogens is 1. The van der Waals surface area contributed by atoms with E-state index in [2.05, 4.69) is 123 Å². The third-order valence-corrected chi connectivity index (χ3v) is 18.2. The van der Waals surface area contributed by atoms with E-state index in [0.29, 0.717) is 17.4 Å². The summed E-state index contributed by atoms with van der Waals surface area (Å²) in [5, 5.41) is 0. The Labute approximate surface area is 582 Å². The minimum absolute atomic E-state index is 0.0377. The first-order valence-corrected chi connectivity index (χ1v) is 41.1. The molecule has 94 heavy (non-hydrogen) atoms. The minimum Gasteiger partial charge on any atom is -0.756 e. The predicted octanol–water partition coefficient (Wildman–Crippen LogP) is 25.8. The second-order valence-corrected chi connectivity index (χ2v) is 29.1. The monoisotopic (exact) mass is 1330 g/mol. The largest absolute Gasteiger partial charge is 0.756 e. The topological polar surface area (TPSA) is 111 Å². The Kier molecular flexibility index (Phi) is 71.3. The van der Waals surface area contributed by atoms with Gasteiger partial charge in [-0.2, -0.15) is 0 Å². The number of carbonyl (C=O) groups is 2. The van der Waals surface area contributed by atoms with Gasteiger partial charge in [-0.1, -0.05) is 354 Å². The molecule has 0 spiro atoms. The molecule has 544 valence electrons. The van der Waals surface area contributed by atoms with Gasteiger partial charge in [-0.05, 0) is 103 Å². The number of likely N-dealkylation sites (N-methyl/N-ethyl adjacent to an activating group) is 1. The molecule has 0 heterocycles. The molecule has 0 aromatic rings. The van der Waals surface area contributed by atoms with Crippen LogP contribution < -0.4 is 4.89 Å². The van der Waals surface area contributed by atoms with Gasteiger partial charge in [-0.3, -0.25) is 14.2 Å². The molecule has 2 unspecified atom stereocenters. The summed E-state index contributed by atoms with van der Waals surface area (Å²) in [4.78, 5) is 38.2. The molecule has 2 atom stereocenters. The van der Waals surface area contributed by atoms with Gasteiger partial charge < -0.3 is 27.9 Å². The fraction of sp³-hybridized carbons (Fsp3) is 0.762. The molecule has 0 bridgehead atoms. The van der Waals surface area contributed by atoms with E-state index in [4.69, 9.17) is 18.5 Å². The van der Waals surface area contributed by atoms with Crippen molar-refractivity contribution in [3.05, 3.63) is 109 Å². The summed E-state index contributed by atoms with van der Waals surface area (Å²) < 4.78 is 34.4. The maximum Gasteiger partial charge on any atom is 0.306 e. The summed E-state index contributed by atoms with van der Waals surface area (Å²) in [5.41, 5.74) is 0. The number of ether oxygens (including phenoxy) is 2. The van der Waals surface area contributed by atoms with Crippen molar-refractivity contribution in [1.29, 1.82) is 0 Å². The summed E-state index contributed by atoms with van der Waals surface area (Å²) in [7, 11) is 1.15. The summed E-state index contributed by atoms with van der Waals surface area (Å²) in [6.45, 7) is 4.14. The van der Waals surface area contributed by atoms with Gasteiger partial charge in [0.15, 0.2) is 6.10 Å². The highest BCUT2D eigenvalue weighted by atomic mass is 31.2. The molecule has 0 aliphatic heterocycles. The van der Waals surface area contributed by atoms with Crippen molar-refractivity contribution in [2.45, 2.75) is 367 Å². The predicted molar refractivity (Wildman–Crippen MR) is 406 cm³/mol. The van der Waals surface area contributed by atoms with Crippen LogP contribution >= 0.6 is 7.82 Å². The molecule has 0 rings (SSSR count). The van der Waals surface area contributed by atoms with Crippen molar-refractivity contribution >= 4 is 19.8 Å². The second kappa shape index (κ2) is 73.9. The fourth-order valence-electron chi connectivity index (χ4n) is 11.3. The SMILES string of the molecule is CC/C=C\C/C=C\C/C=C\C/C=C\C/C=C\C/C=C\C/C=C\C/C=C\CCCCCCCCC(=O)OC(COC(=O)CCCCCCCCCCCCCCCCCCCCCCCCCCCCC/C=C\CCCCCCCCCC)COP(=O)([O-])OCC[N+](C)(C)C. The van der Waals surface area contributed by atoms with Crippen LogP contribution in [0.25, 0.3) is 0 Å². The van der Waals surface area contributed by atoms with E-state index in [-0.39, 0.29) is 32.0 Å². The van der Waals surface area contributed by atoms with Crippen LogP contribution in [0.2, 0.25) is 0 Å². The van der Waals surface area contributed by atoms with Gasteiger partial charge in [0, 0.05) is 12.8 Å². The molecule has 0 fully saturated rings. The molecule has 10 heteroatoms. The van der Waals surface area contributed by atoms with E-state index in [0.717, 1.165) is 109 Å². The lowest BCUT2D eigenvalue weighted by Crippen LogP contribution is -2.37. The van der Waals surface area contributed by atoms with Crippen LogP contribution in [-0.2, 0) is 32.7 Å². The molecule has 0 radical (unpaired) electrons. The van der Waals surface area contributed by atoms with Crippen LogP contribution in [0, 0.1) is 0 Å².